The number of nitro groups is 1. The normalized spacial score (nSPS) is 13.7. The maximum Gasteiger partial charge on any atom is 0.269 e. The molecule has 2 rings (SSSR count). The highest BCUT2D eigenvalue weighted by molar-refractivity contribution is 5.92. The number of benzene rings is 2. The SMILES string of the molecule is CC(O)[C@@H](C(=O)N[C@H](C)c1ccccc1)N(C)C(=O)[C@H](Cc1ccc([N+](=O)[O-])cc1)NC(=O)CCCN=C(N)N. The number of nitrogens with two attached hydrogens (primary N) is 2. The Hall–Kier alpha value is -4.52. The van der Waals surface area contributed by atoms with E-state index in [0.29, 0.717) is 12.0 Å². The molecule has 13 heteroatoms. The number of guanidine groups is 1. The minimum absolute atomic E-state index is 0.00459. The molecule has 0 saturated carbocycles. The molecule has 216 valence electrons. The molecule has 1 unspecified atom stereocenters. The van der Waals surface area contributed by atoms with Crippen molar-refractivity contribution in [2.24, 2.45) is 16.5 Å². The third-order valence-electron chi connectivity index (χ3n) is 6.23. The molecule has 2 aromatic carbocycles. The lowest BCUT2D eigenvalue weighted by Crippen LogP contribution is -2.58. The van der Waals surface area contributed by atoms with Crippen molar-refractivity contribution in [1.29, 1.82) is 0 Å². The van der Waals surface area contributed by atoms with Gasteiger partial charge in [0.05, 0.1) is 17.1 Å². The topological polar surface area (TPSA) is 206 Å². The number of rotatable bonds is 14. The van der Waals surface area contributed by atoms with Crippen LogP contribution in [0, 0.1) is 10.1 Å². The fourth-order valence-corrected chi connectivity index (χ4v) is 4.13. The van der Waals surface area contributed by atoms with Crippen LogP contribution in [0.15, 0.2) is 59.6 Å². The number of aliphatic hydroxyl groups excluding tert-OH is 1. The van der Waals surface area contributed by atoms with Crippen molar-refractivity contribution in [3.8, 4) is 0 Å². The predicted octanol–water partition coefficient (Wildman–Crippen LogP) is 0.761. The van der Waals surface area contributed by atoms with E-state index in [1.165, 1.54) is 38.2 Å². The van der Waals surface area contributed by atoms with Gasteiger partial charge in [0.25, 0.3) is 5.69 Å². The van der Waals surface area contributed by atoms with Gasteiger partial charge < -0.3 is 32.1 Å². The zero-order valence-electron chi connectivity index (χ0n) is 22.8. The lowest BCUT2D eigenvalue weighted by Gasteiger charge is -2.33. The molecule has 40 heavy (non-hydrogen) atoms. The minimum atomic E-state index is -1.25. The monoisotopic (exact) mass is 555 g/mol. The Morgan fingerprint density at radius 1 is 1.05 bits per heavy atom. The van der Waals surface area contributed by atoms with Crippen molar-refractivity contribution in [3.63, 3.8) is 0 Å². The van der Waals surface area contributed by atoms with Crippen molar-refractivity contribution in [3.05, 3.63) is 75.8 Å². The number of hydrogen-bond acceptors (Lipinski definition) is 7. The first-order valence-corrected chi connectivity index (χ1v) is 12.8. The lowest BCUT2D eigenvalue weighted by molar-refractivity contribution is -0.384. The third-order valence-corrected chi connectivity index (χ3v) is 6.23. The van der Waals surface area contributed by atoms with Gasteiger partial charge in [-0.05, 0) is 31.4 Å². The van der Waals surface area contributed by atoms with Gasteiger partial charge in [-0.3, -0.25) is 29.5 Å². The molecule has 0 fully saturated rings. The van der Waals surface area contributed by atoms with Crippen molar-refractivity contribution in [2.75, 3.05) is 13.6 Å². The van der Waals surface area contributed by atoms with Crippen LogP contribution in [-0.4, -0.2) is 70.4 Å². The van der Waals surface area contributed by atoms with Crippen LogP contribution in [0.3, 0.4) is 0 Å². The summed E-state index contributed by atoms with van der Waals surface area (Å²) >= 11 is 0. The molecule has 0 aromatic heterocycles. The summed E-state index contributed by atoms with van der Waals surface area (Å²) in [6, 6.07) is 12.0. The number of carbonyl (C=O) groups excluding carboxylic acids is 3. The standard InChI is InChI=1S/C27H37N7O6/c1-17(20-8-5-4-6-9-20)31-25(37)24(18(2)35)33(3)26(38)22(32-23(36)10-7-15-30-27(28)29)16-19-11-13-21(14-12-19)34(39)40/h4-6,8-9,11-14,17-18,22,24,35H,7,10,15-16H2,1-3H3,(H,31,37)(H,32,36)(H4,28,29,30)/t17-,18?,22+,24+/m1/s1. The first kappa shape index (κ1) is 31.7. The van der Waals surface area contributed by atoms with Gasteiger partial charge in [-0.1, -0.05) is 42.5 Å². The third kappa shape index (κ3) is 9.66. The van der Waals surface area contributed by atoms with Gasteiger partial charge in [0.2, 0.25) is 17.7 Å². The Morgan fingerprint density at radius 2 is 1.68 bits per heavy atom. The predicted molar refractivity (Wildman–Crippen MR) is 150 cm³/mol. The van der Waals surface area contributed by atoms with E-state index in [2.05, 4.69) is 15.6 Å². The summed E-state index contributed by atoms with van der Waals surface area (Å²) in [5.41, 5.74) is 11.9. The second-order valence-corrected chi connectivity index (χ2v) is 9.43. The summed E-state index contributed by atoms with van der Waals surface area (Å²) in [6.07, 6.45) is -0.879. The van der Waals surface area contributed by atoms with Crippen LogP contribution in [0.25, 0.3) is 0 Å². The molecule has 0 aliphatic rings. The molecule has 13 nitrogen and oxygen atoms in total. The molecule has 0 radical (unpaired) electrons. The first-order valence-electron chi connectivity index (χ1n) is 12.8. The Kier molecular flexibility index (Phi) is 12.0. The molecule has 2 aromatic rings. The number of amides is 3. The highest BCUT2D eigenvalue weighted by Crippen LogP contribution is 2.17. The minimum Gasteiger partial charge on any atom is -0.391 e. The zero-order valence-corrected chi connectivity index (χ0v) is 22.8. The summed E-state index contributed by atoms with van der Waals surface area (Å²) < 4.78 is 0. The molecule has 0 spiro atoms. The van der Waals surface area contributed by atoms with E-state index in [0.717, 1.165) is 10.5 Å². The molecule has 4 atom stereocenters. The van der Waals surface area contributed by atoms with Crippen LogP contribution in [0.2, 0.25) is 0 Å². The Bertz CT molecular complexity index is 1180. The second kappa shape index (κ2) is 15.2. The van der Waals surface area contributed by atoms with Crippen LogP contribution in [-0.2, 0) is 20.8 Å². The van der Waals surface area contributed by atoms with E-state index in [-0.39, 0.29) is 37.1 Å². The lowest BCUT2D eigenvalue weighted by atomic mass is 10.0. The van der Waals surface area contributed by atoms with Crippen LogP contribution in [0.4, 0.5) is 5.69 Å². The number of aliphatic imine (C=N–C) groups is 1. The summed E-state index contributed by atoms with van der Waals surface area (Å²) in [5, 5.41) is 27.0. The Labute approximate surface area is 232 Å². The number of likely N-dealkylation sites (N-methyl/N-ethyl adjacent to an activating group) is 1. The van der Waals surface area contributed by atoms with E-state index in [1.54, 1.807) is 6.92 Å². The first-order chi connectivity index (χ1) is 18.9. The highest BCUT2D eigenvalue weighted by Gasteiger charge is 2.35. The summed E-state index contributed by atoms with van der Waals surface area (Å²) in [6.45, 7) is 3.41. The number of hydrogen-bond donors (Lipinski definition) is 5. The fourth-order valence-electron chi connectivity index (χ4n) is 4.13. The maximum atomic E-state index is 13.6. The number of nitrogens with zero attached hydrogens (tertiary/aromatic N) is 3. The van der Waals surface area contributed by atoms with E-state index in [4.69, 9.17) is 11.5 Å². The van der Waals surface area contributed by atoms with Crippen molar-refractivity contribution in [2.45, 2.75) is 57.3 Å². The largest absolute Gasteiger partial charge is 0.391 e. The summed E-state index contributed by atoms with van der Waals surface area (Å²) in [4.78, 5) is 54.9. The summed E-state index contributed by atoms with van der Waals surface area (Å²) in [5.74, 6) is -1.74. The number of non-ortho nitro benzene ring substituents is 1. The van der Waals surface area contributed by atoms with Crippen molar-refractivity contribution >= 4 is 29.4 Å². The molecule has 0 aliphatic carbocycles. The van der Waals surface area contributed by atoms with Gasteiger partial charge in [-0.2, -0.15) is 0 Å². The summed E-state index contributed by atoms with van der Waals surface area (Å²) in [7, 11) is 1.38. The smallest absolute Gasteiger partial charge is 0.269 e. The van der Waals surface area contributed by atoms with Crippen LogP contribution in [0.5, 0.6) is 0 Å². The molecular weight excluding hydrogens is 518 g/mol. The van der Waals surface area contributed by atoms with Gasteiger partial charge >= 0.3 is 0 Å². The fraction of sp³-hybridized carbons (Fsp3) is 0.407. The van der Waals surface area contributed by atoms with Crippen LogP contribution >= 0.6 is 0 Å². The second-order valence-electron chi connectivity index (χ2n) is 9.43. The zero-order chi connectivity index (χ0) is 29.8. The van der Waals surface area contributed by atoms with E-state index in [9.17, 15) is 29.6 Å². The van der Waals surface area contributed by atoms with Gasteiger partial charge in [-0.25, -0.2) is 0 Å². The number of nitrogens with one attached hydrogen (secondary N) is 2. The molecule has 0 heterocycles. The number of nitro benzene ring substituents is 1. The van der Waals surface area contributed by atoms with Gasteiger partial charge in [0.1, 0.15) is 12.1 Å². The molecule has 0 bridgehead atoms. The van der Waals surface area contributed by atoms with Crippen molar-refractivity contribution in [1.82, 2.24) is 15.5 Å². The number of carbonyl (C=O) groups is 3. The van der Waals surface area contributed by atoms with Gasteiger partial charge in [-0.15, -0.1) is 0 Å². The van der Waals surface area contributed by atoms with Crippen molar-refractivity contribution < 1.29 is 24.4 Å². The molecule has 3 amide bonds. The Balaban J connectivity index is 2.24. The average Bonchev–Trinajstić information content (AvgIpc) is 2.90. The van der Waals surface area contributed by atoms with E-state index >= 15 is 0 Å². The van der Waals surface area contributed by atoms with E-state index < -0.39 is 40.8 Å². The average molecular weight is 556 g/mol. The van der Waals surface area contributed by atoms with Crippen LogP contribution in [0.1, 0.15) is 43.9 Å². The number of aliphatic hydroxyl groups is 1. The van der Waals surface area contributed by atoms with Gasteiger partial charge in [0.15, 0.2) is 5.96 Å². The molecular formula is C27H37N7O6. The highest BCUT2D eigenvalue weighted by atomic mass is 16.6. The maximum absolute atomic E-state index is 13.6. The van der Waals surface area contributed by atoms with Crippen LogP contribution < -0.4 is 22.1 Å². The molecule has 7 N–H and O–H groups in total. The Morgan fingerprint density at radius 3 is 2.23 bits per heavy atom. The quantitative estimate of drug-likeness (QED) is 0.0737. The molecule has 0 aliphatic heterocycles. The molecule has 0 saturated heterocycles. The van der Waals surface area contributed by atoms with E-state index in [1.807, 2.05) is 30.3 Å². The van der Waals surface area contributed by atoms with Gasteiger partial charge in [0, 0.05) is 38.6 Å².